The summed E-state index contributed by atoms with van der Waals surface area (Å²) in [6, 6.07) is 0. The van der Waals surface area contributed by atoms with E-state index in [-0.39, 0.29) is 5.75 Å². The van der Waals surface area contributed by atoms with Crippen LogP contribution in [0.15, 0.2) is 12.4 Å². The largest absolute Gasteiger partial charge is 0.707 e. The summed E-state index contributed by atoms with van der Waals surface area (Å²) in [5.74, 6) is 0.0564. The summed E-state index contributed by atoms with van der Waals surface area (Å²) in [4.78, 5) is 11.5. The highest BCUT2D eigenvalue weighted by molar-refractivity contribution is 6.33. The Labute approximate surface area is 92.8 Å². The SMILES string of the molecule is CC(C)(C)OC(=O)n1cc(OB(O)O)cn1. The molecule has 1 heterocycles. The molecular weight excluding hydrogens is 215 g/mol. The molecule has 0 spiro atoms. The van der Waals surface area contributed by atoms with Gasteiger partial charge >= 0.3 is 13.4 Å². The first-order valence-electron chi connectivity index (χ1n) is 4.59. The Morgan fingerprint density at radius 1 is 1.50 bits per heavy atom. The molecular formula is C8H13BN2O5. The first kappa shape index (κ1) is 12.5. The van der Waals surface area contributed by atoms with E-state index in [1.807, 2.05) is 0 Å². The quantitative estimate of drug-likeness (QED) is 0.692. The van der Waals surface area contributed by atoms with E-state index >= 15 is 0 Å². The number of hydrogen-bond acceptors (Lipinski definition) is 6. The maximum atomic E-state index is 11.5. The van der Waals surface area contributed by atoms with Gasteiger partial charge in [0.15, 0.2) is 0 Å². The van der Waals surface area contributed by atoms with Crippen molar-refractivity contribution < 1.29 is 24.2 Å². The standard InChI is InChI=1S/C8H13BN2O5/c1-8(2,3)15-7(12)11-5-6(4-10-11)16-9(13)14/h4-5,13-14H,1-3H3. The normalized spacial score (nSPS) is 11.1. The molecule has 2 N–H and O–H groups in total. The van der Waals surface area contributed by atoms with Crippen LogP contribution >= 0.6 is 0 Å². The minimum atomic E-state index is -1.95. The highest BCUT2D eigenvalue weighted by Gasteiger charge is 2.19. The number of carbonyl (C=O) groups excluding carboxylic acids is 1. The minimum absolute atomic E-state index is 0.0564. The van der Waals surface area contributed by atoms with Gasteiger partial charge in [0.1, 0.15) is 11.4 Å². The van der Waals surface area contributed by atoms with Crippen LogP contribution in [0.3, 0.4) is 0 Å². The number of carbonyl (C=O) groups is 1. The highest BCUT2D eigenvalue weighted by Crippen LogP contribution is 2.12. The molecule has 0 amide bonds. The van der Waals surface area contributed by atoms with Crippen molar-refractivity contribution in [1.29, 1.82) is 0 Å². The summed E-state index contributed by atoms with van der Waals surface area (Å²) in [5.41, 5.74) is -0.624. The van der Waals surface area contributed by atoms with Crippen LogP contribution in [0.1, 0.15) is 20.8 Å². The van der Waals surface area contributed by atoms with E-state index in [2.05, 4.69) is 9.75 Å². The third kappa shape index (κ3) is 3.91. The zero-order valence-corrected chi connectivity index (χ0v) is 9.25. The van der Waals surface area contributed by atoms with Gasteiger partial charge in [0.25, 0.3) is 0 Å². The molecule has 88 valence electrons. The lowest BCUT2D eigenvalue weighted by molar-refractivity contribution is 0.0514. The van der Waals surface area contributed by atoms with Crippen molar-refractivity contribution in [3.8, 4) is 5.75 Å². The molecule has 0 fully saturated rings. The molecule has 0 atom stereocenters. The number of rotatable bonds is 2. The van der Waals surface area contributed by atoms with Gasteiger partial charge in [-0.2, -0.15) is 9.78 Å². The summed E-state index contributed by atoms with van der Waals surface area (Å²) < 4.78 is 10.4. The third-order valence-corrected chi connectivity index (χ3v) is 1.38. The van der Waals surface area contributed by atoms with E-state index in [1.165, 1.54) is 12.4 Å². The smallest absolute Gasteiger partial charge is 0.509 e. The zero-order valence-electron chi connectivity index (χ0n) is 9.25. The molecule has 0 saturated carbocycles. The van der Waals surface area contributed by atoms with Crippen molar-refractivity contribution in [2.24, 2.45) is 0 Å². The molecule has 0 bridgehead atoms. The Morgan fingerprint density at radius 2 is 2.12 bits per heavy atom. The topological polar surface area (TPSA) is 93.8 Å². The Balaban J connectivity index is 2.67. The van der Waals surface area contributed by atoms with Gasteiger partial charge in [-0.3, -0.25) is 0 Å². The molecule has 0 radical (unpaired) electrons. The van der Waals surface area contributed by atoms with Gasteiger partial charge in [-0.1, -0.05) is 0 Å². The average Bonchev–Trinajstić information content (AvgIpc) is 2.48. The van der Waals surface area contributed by atoms with Crippen LogP contribution in [0.4, 0.5) is 4.79 Å². The number of hydrogen-bond donors (Lipinski definition) is 2. The first-order chi connectivity index (χ1) is 7.28. The van der Waals surface area contributed by atoms with E-state index in [9.17, 15) is 4.79 Å². The van der Waals surface area contributed by atoms with Crippen molar-refractivity contribution in [2.45, 2.75) is 26.4 Å². The Bertz CT molecular complexity index is 371. The molecule has 1 rings (SSSR count). The van der Waals surface area contributed by atoms with Gasteiger partial charge in [-0.25, -0.2) is 4.79 Å². The van der Waals surface area contributed by atoms with E-state index in [1.54, 1.807) is 20.8 Å². The molecule has 7 nitrogen and oxygen atoms in total. The van der Waals surface area contributed by atoms with Gasteiger partial charge in [0, 0.05) is 0 Å². The Morgan fingerprint density at radius 3 is 2.62 bits per heavy atom. The summed E-state index contributed by atoms with van der Waals surface area (Å²) in [6.45, 7) is 5.18. The minimum Gasteiger partial charge on any atom is -0.509 e. The van der Waals surface area contributed by atoms with E-state index in [0.29, 0.717) is 0 Å². The summed E-state index contributed by atoms with van der Waals surface area (Å²) in [5, 5.41) is 20.7. The highest BCUT2D eigenvalue weighted by atomic mass is 16.6. The fourth-order valence-electron chi connectivity index (χ4n) is 0.897. The molecule has 0 aliphatic heterocycles. The van der Waals surface area contributed by atoms with Crippen LogP contribution in [0, 0.1) is 0 Å². The van der Waals surface area contributed by atoms with Crippen molar-refractivity contribution in [3.63, 3.8) is 0 Å². The molecule has 0 unspecified atom stereocenters. The lowest BCUT2D eigenvalue weighted by Crippen LogP contribution is -2.27. The number of ether oxygens (including phenoxy) is 1. The first-order valence-corrected chi connectivity index (χ1v) is 4.59. The molecule has 1 aromatic rings. The Kier molecular flexibility index (Phi) is 3.56. The molecule has 16 heavy (non-hydrogen) atoms. The molecule has 0 aliphatic rings. The van der Waals surface area contributed by atoms with Crippen LogP contribution in [-0.4, -0.2) is 38.8 Å². The van der Waals surface area contributed by atoms with Crippen molar-refractivity contribution in [2.75, 3.05) is 0 Å². The van der Waals surface area contributed by atoms with Gasteiger partial charge in [0.05, 0.1) is 12.4 Å². The van der Waals surface area contributed by atoms with E-state index in [0.717, 1.165) is 4.68 Å². The number of aromatic nitrogens is 2. The molecule has 1 aromatic heterocycles. The van der Waals surface area contributed by atoms with Crippen LogP contribution in [0.5, 0.6) is 5.75 Å². The van der Waals surface area contributed by atoms with Gasteiger partial charge < -0.3 is 19.4 Å². The molecule has 0 aromatic carbocycles. The van der Waals surface area contributed by atoms with E-state index in [4.69, 9.17) is 14.8 Å². The van der Waals surface area contributed by atoms with Gasteiger partial charge in [0.2, 0.25) is 0 Å². The molecule has 0 aliphatic carbocycles. The van der Waals surface area contributed by atoms with Crippen LogP contribution in [0.25, 0.3) is 0 Å². The predicted octanol–water partition coefficient (Wildman–Crippen LogP) is 0.0146. The zero-order chi connectivity index (χ0) is 12.3. The Hall–Kier alpha value is -1.54. The van der Waals surface area contributed by atoms with Crippen molar-refractivity contribution in [3.05, 3.63) is 12.4 Å². The third-order valence-electron chi connectivity index (χ3n) is 1.38. The summed E-state index contributed by atoms with van der Waals surface area (Å²) in [7, 11) is -1.95. The second-order valence-electron chi connectivity index (χ2n) is 4.05. The maximum Gasteiger partial charge on any atom is 0.707 e. The van der Waals surface area contributed by atoms with Crippen molar-refractivity contribution >= 4 is 13.4 Å². The molecule has 0 saturated heterocycles. The fourth-order valence-corrected chi connectivity index (χ4v) is 0.897. The predicted molar refractivity (Wildman–Crippen MR) is 54.7 cm³/mol. The second-order valence-corrected chi connectivity index (χ2v) is 4.05. The lowest BCUT2D eigenvalue weighted by Gasteiger charge is -2.18. The monoisotopic (exact) mass is 228 g/mol. The second kappa shape index (κ2) is 4.54. The van der Waals surface area contributed by atoms with Crippen LogP contribution < -0.4 is 4.65 Å². The maximum absolute atomic E-state index is 11.5. The van der Waals surface area contributed by atoms with Gasteiger partial charge in [-0.15, -0.1) is 0 Å². The van der Waals surface area contributed by atoms with Crippen molar-refractivity contribution in [1.82, 2.24) is 9.78 Å². The van der Waals surface area contributed by atoms with Crippen LogP contribution in [0.2, 0.25) is 0 Å². The van der Waals surface area contributed by atoms with Crippen LogP contribution in [-0.2, 0) is 4.74 Å². The lowest BCUT2D eigenvalue weighted by atomic mass is 10.2. The molecule has 8 heteroatoms. The number of nitrogens with zero attached hydrogens (tertiary/aromatic N) is 2. The summed E-state index contributed by atoms with van der Waals surface area (Å²) >= 11 is 0. The fraction of sp³-hybridized carbons (Fsp3) is 0.500. The van der Waals surface area contributed by atoms with E-state index < -0.39 is 19.0 Å². The average molecular weight is 228 g/mol. The van der Waals surface area contributed by atoms with Gasteiger partial charge in [-0.05, 0) is 20.8 Å². The summed E-state index contributed by atoms with van der Waals surface area (Å²) in [6.07, 6.45) is 1.69.